The molecule has 3 heterocycles. The first kappa shape index (κ1) is 16.9. The zero-order chi connectivity index (χ0) is 15.6. The van der Waals surface area contributed by atoms with Crippen LogP contribution >= 0.6 is 12.4 Å². The third-order valence-corrected chi connectivity index (χ3v) is 4.78. The van der Waals surface area contributed by atoms with Crippen LogP contribution < -0.4 is 9.47 Å². The van der Waals surface area contributed by atoms with Crippen molar-refractivity contribution in [3.05, 3.63) is 48.5 Å². The number of aromatic hydroxyl groups is 1. The molecule has 4 nitrogen and oxygen atoms in total. The molecular weight excluding hydrogens is 326 g/mol. The number of benzene rings is 2. The van der Waals surface area contributed by atoms with Gasteiger partial charge in [-0.1, -0.05) is 0 Å². The summed E-state index contributed by atoms with van der Waals surface area (Å²) in [6.45, 7) is 3.50. The van der Waals surface area contributed by atoms with Gasteiger partial charge in [-0.2, -0.15) is 0 Å². The summed E-state index contributed by atoms with van der Waals surface area (Å²) in [5.41, 5.74) is 0. The number of halogens is 1. The predicted molar refractivity (Wildman–Crippen MR) is 95.5 cm³/mol. The van der Waals surface area contributed by atoms with E-state index in [1.165, 1.54) is 25.9 Å². The number of phenols is 1. The van der Waals surface area contributed by atoms with E-state index in [0.29, 0.717) is 17.8 Å². The second kappa shape index (κ2) is 7.32. The average Bonchev–Trinajstić information content (AvgIpc) is 2.60. The van der Waals surface area contributed by atoms with E-state index in [1.807, 2.05) is 24.3 Å². The zero-order valence-corrected chi connectivity index (χ0v) is 14.2. The molecule has 0 amide bonds. The van der Waals surface area contributed by atoms with Crippen molar-refractivity contribution < 1.29 is 14.6 Å². The Morgan fingerprint density at radius 2 is 1.38 bits per heavy atom. The number of rotatable bonds is 4. The van der Waals surface area contributed by atoms with Gasteiger partial charge in [0.1, 0.15) is 29.1 Å². The molecule has 2 aromatic rings. The van der Waals surface area contributed by atoms with E-state index >= 15 is 0 Å². The van der Waals surface area contributed by atoms with E-state index in [0.717, 1.165) is 18.0 Å². The summed E-state index contributed by atoms with van der Waals surface area (Å²) in [6.07, 6.45) is 2.83. The molecule has 1 N–H and O–H groups in total. The molecule has 128 valence electrons. The molecule has 0 aliphatic carbocycles. The van der Waals surface area contributed by atoms with Crippen molar-refractivity contribution in [2.45, 2.75) is 18.9 Å². The largest absolute Gasteiger partial charge is 0.508 e. The summed E-state index contributed by atoms with van der Waals surface area (Å²) >= 11 is 0. The number of fused-ring (bicyclic) bond motifs is 3. The van der Waals surface area contributed by atoms with Crippen LogP contribution in [0.4, 0.5) is 0 Å². The quantitative estimate of drug-likeness (QED) is 0.905. The second-order valence-electron chi connectivity index (χ2n) is 6.36. The van der Waals surface area contributed by atoms with Gasteiger partial charge in [0.15, 0.2) is 0 Å². The van der Waals surface area contributed by atoms with Crippen molar-refractivity contribution in [2.75, 3.05) is 19.6 Å². The van der Waals surface area contributed by atoms with Gasteiger partial charge >= 0.3 is 0 Å². The van der Waals surface area contributed by atoms with E-state index in [-0.39, 0.29) is 18.2 Å². The monoisotopic (exact) mass is 347 g/mol. The average molecular weight is 348 g/mol. The first-order chi connectivity index (χ1) is 11.3. The van der Waals surface area contributed by atoms with Gasteiger partial charge in [0.05, 0.1) is 0 Å². The minimum atomic E-state index is 0. The predicted octanol–water partition coefficient (Wildman–Crippen LogP) is 4.08. The van der Waals surface area contributed by atoms with Gasteiger partial charge in [0, 0.05) is 6.54 Å². The fourth-order valence-electron chi connectivity index (χ4n) is 3.46. The standard InChI is InChI=1S/C19H21NO3.ClH/c21-15-1-3-16(4-2-15)22-17-5-7-18(8-6-17)23-19-13-20-11-9-14(19)10-12-20;/h1-8,14,19,21H,9-13H2;1H. The Hall–Kier alpha value is -1.91. The molecule has 0 aromatic heterocycles. The van der Waals surface area contributed by atoms with Gasteiger partial charge in [0.25, 0.3) is 0 Å². The first-order valence-electron chi connectivity index (χ1n) is 8.22. The maximum atomic E-state index is 9.28. The molecule has 3 aliphatic heterocycles. The van der Waals surface area contributed by atoms with Gasteiger partial charge in [-0.05, 0) is 80.4 Å². The highest BCUT2D eigenvalue weighted by atomic mass is 35.5. The molecule has 2 bridgehead atoms. The Kier molecular flexibility index (Phi) is 5.17. The lowest BCUT2D eigenvalue weighted by Gasteiger charge is -2.44. The summed E-state index contributed by atoms with van der Waals surface area (Å²) < 4.78 is 11.9. The highest BCUT2D eigenvalue weighted by Crippen LogP contribution is 2.31. The van der Waals surface area contributed by atoms with Gasteiger partial charge in [-0.3, -0.25) is 4.90 Å². The lowest BCUT2D eigenvalue weighted by Crippen LogP contribution is -2.52. The number of nitrogens with zero attached hydrogens (tertiary/aromatic N) is 1. The highest BCUT2D eigenvalue weighted by molar-refractivity contribution is 5.85. The highest BCUT2D eigenvalue weighted by Gasteiger charge is 2.35. The van der Waals surface area contributed by atoms with Crippen LogP contribution in [0.1, 0.15) is 12.8 Å². The third kappa shape index (κ3) is 3.77. The normalized spacial score (nSPS) is 24.9. The first-order valence-corrected chi connectivity index (χ1v) is 8.22. The summed E-state index contributed by atoms with van der Waals surface area (Å²) in [5, 5.41) is 9.28. The van der Waals surface area contributed by atoms with Gasteiger partial charge in [0.2, 0.25) is 0 Å². The van der Waals surface area contributed by atoms with Crippen LogP contribution in [0.5, 0.6) is 23.0 Å². The van der Waals surface area contributed by atoms with Crippen LogP contribution in [0.2, 0.25) is 0 Å². The summed E-state index contributed by atoms with van der Waals surface area (Å²) in [7, 11) is 0. The molecule has 0 radical (unpaired) electrons. The van der Waals surface area contributed by atoms with Crippen LogP contribution in [-0.4, -0.2) is 35.7 Å². The summed E-state index contributed by atoms with van der Waals surface area (Å²) in [4.78, 5) is 2.49. The van der Waals surface area contributed by atoms with Crippen LogP contribution in [0.15, 0.2) is 48.5 Å². The number of piperidine rings is 3. The molecule has 3 fully saturated rings. The fraction of sp³-hybridized carbons (Fsp3) is 0.368. The number of phenolic OH excluding ortho intramolecular Hbond substituents is 1. The Bertz CT molecular complexity index is 651. The Morgan fingerprint density at radius 3 is 1.92 bits per heavy atom. The maximum Gasteiger partial charge on any atom is 0.127 e. The van der Waals surface area contributed by atoms with Crippen LogP contribution in [-0.2, 0) is 0 Å². The van der Waals surface area contributed by atoms with Crippen molar-refractivity contribution in [1.82, 2.24) is 4.90 Å². The fourth-order valence-corrected chi connectivity index (χ4v) is 3.46. The zero-order valence-electron chi connectivity index (χ0n) is 13.4. The molecule has 3 aliphatic rings. The Labute approximate surface area is 148 Å². The van der Waals surface area contributed by atoms with Crippen molar-refractivity contribution in [3.8, 4) is 23.0 Å². The molecule has 5 rings (SSSR count). The summed E-state index contributed by atoms with van der Waals surface area (Å²) in [6, 6.07) is 14.5. The Morgan fingerprint density at radius 1 is 0.833 bits per heavy atom. The van der Waals surface area contributed by atoms with Crippen molar-refractivity contribution >= 4 is 12.4 Å². The molecule has 0 saturated carbocycles. The molecule has 24 heavy (non-hydrogen) atoms. The van der Waals surface area contributed by atoms with E-state index in [9.17, 15) is 5.11 Å². The molecule has 1 unspecified atom stereocenters. The SMILES string of the molecule is Cl.Oc1ccc(Oc2ccc(OC3CN4CCC3CC4)cc2)cc1. The van der Waals surface area contributed by atoms with Crippen molar-refractivity contribution in [2.24, 2.45) is 5.92 Å². The molecular formula is C19H22ClNO3. The maximum absolute atomic E-state index is 9.28. The van der Waals surface area contributed by atoms with E-state index in [1.54, 1.807) is 24.3 Å². The van der Waals surface area contributed by atoms with Gasteiger partial charge in [-0.15, -0.1) is 12.4 Å². The lowest BCUT2D eigenvalue weighted by molar-refractivity contribution is -0.00777. The number of ether oxygens (including phenoxy) is 2. The van der Waals surface area contributed by atoms with Crippen molar-refractivity contribution in [1.29, 1.82) is 0 Å². The van der Waals surface area contributed by atoms with E-state index in [4.69, 9.17) is 9.47 Å². The topological polar surface area (TPSA) is 41.9 Å². The Balaban J connectivity index is 0.00000169. The van der Waals surface area contributed by atoms with E-state index < -0.39 is 0 Å². The minimum Gasteiger partial charge on any atom is -0.508 e. The smallest absolute Gasteiger partial charge is 0.127 e. The minimum absolute atomic E-state index is 0. The number of hydrogen-bond donors (Lipinski definition) is 1. The van der Waals surface area contributed by atoms with E-state index in [2.05, 4.69) is 4.90 Å². The van der Waals surface area contributed by atoms with Crippen LogP contribution in [0, 0.1) is 5.92 Å². The molecule has 2 aromatic carbocycles. The van der Waals surface area contributed by atoms with Crippen LogP contribution in [0.3, 0.4) is 0 Å². The lowest BCUT2D eigenvalue weighted by atomic mass is 9.86. The van der Waals surface area contributed by atoms with Crippen molar-refractivity contribution in [3.63, 3.8) is 0 Å². The molecule has 5 heteroatoms. The third-order valence-electron chi connectivity index (χ3n) is 4.78. The van der Waals surface area contributed by atoms with Gasteiger partial charge in [-0.25, -0.2) is 0 Å². The second-order valence-corrected chi connectivity index (χ2v) is 6.36. The molecule has 0 spiro atoms. The van der Waals surface area contributed by atoms with Gasteiger partial charge < -0.3 is 14.6 Å². The molecule has 3 saturated heterocycles. The molecule has 1 atom stereocenters. The summed E-state index contributed by atoms with van der Waals surface area (Å²) in [5.74, 6) is 3.30. The number of hydrogen-bond acceptors (Lipinski definition) is 4. The van der Waals surface area contributed by atoms with Crippen LogP contribution in [0.25, 0.3) is 0 Å².